The first-order chi connectivity index (χ1) is 11.6. The second-order valence-corrected chi connectivity index (χ2v) is 9.40. The van der Waals surface area contributed by atoms with Gasteiger partial charge >= 0.3 is 0 Å². The molecule has 8 nitrogen and oxygen atoms in total. The van der Waals surface area contributed by atoms with Crippen LogP contribution in [0.4, 0.5) is 0 Å². The van der Waals surface area contributed by atoms with Gasteiger partial charge in [0.25, 0.3) is 0 Å². The Balaban J connectivity index is 1.87. The zero-order valence-corrected chi connectivity index (χ0v) is 16.1. The summed E-state index contributed by atoms with van der Waals surface area (Å²) < 4.78 is 25.3. The maximum Gasteiger partial charge on any atom is 0.243 e. The first-order valence-electron chi connectivity index (χ1n) is 8.88. The first kappa shape index (κ1) is 20.1. The lowest BCUT2D eigenvalue weighted by Crippen LogP contribution is -2.58. The van der Waals surface area contributed by atoms with E-state index >= 15 is 0 Å². The molecule has 144 valence electrons. The Morgan fingerprint density at radius 3 is 2.56 bits per heavy atom. The van der Waals surface area contributed by atoms with E-state index in [2.05, 4.69) is 15.4 Å². The molecule has 2 aliphatic heterocycles. The van der Waals surface area contributed by atoms with Crippen molar-refractivity contribution in [1.82, 2.24) is 20.3 Å². The highest BCUT2D eigenvalue weighted by Gasteiger charge is 2.36. The van der Waals surface area contributed by atoms with Crippen LogP contribution in [0.1, 0.15) is 39.5 Å². The van der Waals surface area contributed by atoms with Gasteiger partial charge in [-0.25, -0.2) is 13.1 Å². The smallest absolute Gasteiger partial charge is 0.243 e. The third-order valence-corrected chi connectivity index (χ3v) is 5.60. The molecule has 3 N–H and O–H groups in total. The van der Waals surface area contributed by atoms with Crippen LogP contribution in [-0.2, 0) is 19.6 Å². The summed E-state index contributed by atoms with van der Waals surface area (Å²) >= 11 is 0. The minimum atomic E-state index is -3.47. The van der Waals surface area contributed by atoms with Gasteiger partial charge in [0.1, 0.15) is 5.54 Å². The Hall–Kier alpha value is -1.19. The van der Waals surface area contributed by atoms with Gasteiger partial charge in [0.05, 0.1) is 12.3 Å². The molecule has 2 amide bonds. The van der Waals surface area contributed by atoms with Crippen molar-refractivity contribution in [2.45, 2.75) is 51.1 Å². The van der Waals surface area contributed by atoms with Crippen molar-refractivity contribution in [2.24, 2.45) is 5.92 Å². The Labute approximate surface area is 150 Å². The standard InChI is InChI=1S/C16H30N4O4S/c1-16(2,19-25(3,23)24)15(22)20-9-5-6-12(11-20)10-18-14(21)13-7-4-8-17-13/h12-13,17,19H,4-11H2,1-3H3,(H,18,21). The van der Waals surface area contributed by atoms with Gasteiger partial charge in [-0.2, -0.15) is 0 Å². The van der Waals surface area contributed by atoms with E-state index in [0.29, 0.717) is 19.6 Å². The number of hydrogen-bond donors (Lipinski definition) is 3. The molecule has 0 bridgehead atoms. The molecule has 0 spiro atoms. The van der Waals surface area contributed by atoms with Crippen molar-refractivity contribution in [3.63, 3.8) is 0 Å². The number of likely N-dealkylation sites (tertiary alicyclic amines) is 1. The van der Waals surface area contributed by atoms with Gasteiger partial charge in [0.2, 0.25) is 21.8 Å². The fourth-order valence-corrected chi connectivity index (χ4v) is 4.61. The summed E-state index contributed by atoms with van der Waals surface area (Å²) in [6.07, 6.45) is 4.73. The van der Waals surface area contributed by atoms with Gasteiger partial charge in [0.15, 0.2) is 0 Å². The quantitative estimate of drug-likeness (QED) is 0.577. The Morgan fingerprint density at radius 1 is 1.24 bits per heavy atom. The van der Waals surface area contributed by atoms with Crippen molar-refractivity contribution >= 4 is 21.8 Å². The number of carbonyl (C=O) groups is 2. The summed E-state index contributed by atoms with van der Waals surface area (Å²) in [6, 6.07) is -0.0979. The van der Waals surface area contributed by atoms with Gasteiger partial charge < -0.3 is 15.5 Å². The zero-order valence-electron chi connectivity index (χ0n) is 15.3. The number of nitrogens with zero attached hydrogens (tertiary/aromatic N) is 1. The lowest BCUT2D eigenvalue weighted by atomic mass is 9.95. The molecule has 2 saturated heterocycles. The fourth-order valence-electron chi connectivity index (χ4n) is 3.60. The van der Waals surface area contributed by atoms with Crippen molar-refractivity contribution in [1.29, 1.82) is 0 Å². The monoisotopic (exact) mass is 374 g/mol. The number of rotatable bonds is 6. The largest absolute Gasteiger partial charge is 0.354 e. The predicted molar refractivity (Wildman–Crippen MR) is 95.4 cm³/mol. The molecular formula is C16H30N4O4S. The lowest BCUT2D eigenvalue weighted by Gasteiger charge is -2.37. The molecule has 25 heavy (non-hydrogen) atoms. The number of piperidine rings is 1. The van der Waals surface area contributed by atoms with Crippen LogP contribution in [-0.4, -0.2) is 69.1 Å². The van der Waals surface area contributed by atoms with Gasteiger partial charge in [-0.15, -0.1) is 0 Å². The number of carbonyl (C=O) groups excluding carboxylic acids is 2. The number of sulfonamides is 1. The van der Waals surface area contributed by atoms with E-state index in [0.717, 1.165) is 38.5 Å². The normalized spacial score (nSPS) is 25.0. The Bertz CT molecular complexity index is 599. The minimum absolute atomic E-state index is 0.0278. The third-order valence-electron chi connectivity index (χ3n) is 4.72. The summed E-state index contributed by atoms with van der Waals surface area (Å²) in [5, 5.41) is 6.15. The van der Waals surface area contributed by atoms with Crippen molar-refractivity contribution in [3.05, 3.63) is 0 Å². The van der Waals surface area contributed by atoms with E-state index < -0.39 is 15.6 Å². The average molecular weight is 375 g/mol. The summed E-state index contributed by atoms with van der Waals surface area (Å²) in [7, 11) is -3.47. The molecule has 2 rings (SSSR count). The third kappa shape index (κ3) is 5.93. The summed E-state index contributed by atoms with van der Waals surface area (Å²) in [6.45, 7) is 5.72. The van der Waals surface area contributed by atoms with Gasteiger partial charge in [-0.1, -0.05) is 0 Å². The van der Waals surface area contributed by atoms with E-state index in [1.54, 1.807) is 18.7 Å². The molecule has 0 aliphatic carbocycles. The van der Waals surface area contributed by atoms with Gasteiger partial charge in [0, 0.05) is 19.6 Å². The molecule has 2 atom stereocenters. The number of amides is 2. The van der Waals surface area contributed by atoms with E-state index in [4.69, 9.17) is 0 Å². The molecule has 2 fully saturated rings. The molecular weight excluding hydrogens is 344 g/mol. The van der Waals surface area contributed by atoms with E-state index in [1.165, 1.54) is 0 Å². The van der Waals surface area contributed by atoms with E-state index in [1.807, 2.05) is 0 Å². The van der Waals surface area contributed by atoms with Crippen LogP contribution in [0.25, 0.3) is 0 Å². The average Bonchev–Trinajstić information content (AvgIpc) is 3.04. The SMILES string of the molecule is CC(C)(NS(C)(=O)=O)C(=O)N1CCCC(CNC(=O)C2CCCN2)C1. The molecule has 0 radical (unpaired) electrons. The number of hydrogen-bond acceptors (Lipinski definition) is 5. The Kier molecular flexibility index (Phi) is 6.45. The van der Waals surface area contributed by atoms with Gasteiger partial charge in [-0.05, 0) is 52.0 Å². The van der Waals surface area contributed by atoms with Crippen LogP contribution >= 0.6 is 0 Å². The second-order valence-electron chi connectivity index (χ2n) is 7.65. The van der Waals surface area contributed by atoms with E-state index in [9.17, 15) is 18.0 Å². The van der Waals surface area contributed by atoms with Crippen LogP contribution in [0.2, 0.25) is 0 Å². The first-order valence-corrected chi connectivity index (χ1v) is 10.8. The highest BCUT2D eigenvalue weighted by atomic mass is 32.2. The Morgan fingerprint density at radius 2 is 1.96 bits per heavy atom. The van der Waals surface area contributed by atoms with Crippen LogP contribution < -0.4 is 15.4 Å². The van der Waals surface area contributed by atoms with Crippen molar-refractivity contribution < 1.29 is 18.0 Å². The molecule has 0 aromatic heterocycles. The molecule has 0 aromatic carbocycles. The zero-order chi connectivity index (χ0) is 18.7. The molecule has 0 saturated carbocycles. The van der Waals surface area contributed by atoms with E-state index in [-0.39, 0.29) is 23.8 Å². The maximum atomic E-state index is 12.7. The fraction of sp³-hybridized carbons (Fsp3) is 0.875. The minimum Gasteiger partial charge on any atom is -0.354 e. The molecule has 2 aliphatic rings. The highest BCUT2D eigenvalue weighted by molar-refractivity contribution is 7.88. The topological polar surface area (TPSA) is 108 Å². The highest BCUT2D eigenvalue weighted by Crippen LogP contribution is 2.20. The van der Waals surface area contributed by atoms with Crippen LogP contribution in [0.15, 0.2) is 0 Å². The second kappa shape index (κ2) is 8.01. The summed E-state index contributed by atoms with van der Waals surface area (Å²) in [5.74, 6) is -0.0106. The van der Waals surface area contributed by atoms with Crippen LogP contribution in [0.3, 0.4) is 0 Å². The van der Waals surface area contributed by atoms with Crippen molar-refractivity contribution in [2.75, 3.05) is 32.4 Å². The molecule has 2 unspecified atom stereocenters. The van der Waals surface area contributed by atoms with Crippen molar-refractivity contribution in [3.8, 4) is 0 Å². The van der Waals surface area contributed by atoms with Crippen LogP contribution in [0.5, 0.6) is 0 Å². The summed E-state index contributed by atoms with van der Waals surface area (Å²) in [5.41, 5.74) is -1.17. The summed E-state index contributed by atoms with van der Waals surface area (Å²) in [4.78, 5) is 26.5. The predicted octanol–water partition coefficient (Wildman–Crippen LogP) is -0.579. The lowest BCUT2D eigenvalue weighted by molar-refractivity contribution is -0.138. The molecule has 9 heteroatoms. The molecule has 2 heterocycles. The number of nitrogens with one attached hydrogen (secondary N) is 3. The molecule has 0 aromatic rings. The van der Waals surface area contributed by atoms with Gasteiger partial charge in [-0.3, -0.25) is 9.59 Å². The maximum absolute atomic E-state index is 12.7. The van der Waals surface area contributed by atoms with Crippen LogP contribution in [0, 0.1) is 5.92 Å².